The van der Waals surface area contributed by atoms with E-state index in [0.717, 1.165) is 12.8 Å². The fourth-order valence-electron chi connectivity index (χ4n) is 3.27. The van der Waals surface area contributed by atoms with Crippen LogP contribution in [0.3, 0.4) is 0 Å². The summed E-state index contributed by atoms with van der Waals surface area (Å²) in [5.41, 5.74) is 1.86. The van der Waals surface area contributed by atoms with E-state index in [1.54, 1.807) is 29.3 Å². The van der Waals surface area contributed by atoms with Gasteiger partial charge in [0.25, 0.3) is 5.91 Å². The van der Waals surface area contributed by atoms with Gasteiger partial charge >= 0.3 is 0 Å². The van der Waals surface area contributed by atoms with E-state index in [-0.39, 0.29) is 17.8 Å². The highest BCUT2D eigenvalue weighted by Gasteiger charge is 2.32. The molecule has 3 heterocycles. The summed E-state index contributed by atoms with van der Waals surface area (Å²) in [6, 6.07) is 7.59. The monoisotopic (exact) mass is 340 g/mol. The van der Waals surface area contributed by atoms with E-state index >= 15 is 0 Å². The van der Waals surface area contributed by atoms with Gasteiger partial charge in [0, 0.05) is 24.4 Å². The molecule has 0 spiro atoms. The molecule has 1 saturated heterocycles. The molecule has 0 aliphatic carbocycles. The summed E-state index contributed by atoms with van der Waals surface area (Å²) in [7, 11) is 1.52. The van der Waals surface area contributed by atoms with Gasteiger partial charge in [-0.15, -0.1) is 0 Å². The second kappa shape index (κ2) is 6.16. The lowest BCUT2D eigenvalue weighted by Crippen LogP contribution is -2.31. The average molecular weight is 340 g/mol. The van der Waals surface area contributed by atoms with E-state index in [0.29, 0.717) is 34.8 Å². The Bertz CT molecular complexity index is 940. The number of rotatable bonds is 3. The molecule has 2 aromatic heterocycles. The Morgan fingerprint density at radius 2 is 2.24 bits per heavy atom. The van der Waals surface area contributed by atoms with Crippen molar-refractivity contribution in [3.63, 3.8) is 0 Å². The molecule has 7 heteroatoms. The van der Waals surface area contributed by atoms with Crippen molar-refractivity contribution in [2.45, 2.75) is 18.9 Å². The standard InChI is InChI=1S/C18H17FN4O2/c1-25-16-9-11(6-7-20-16)18(24)23-8-2-3-15(23)17-21-13-5-4-12(19)10-14(13)22-17/h4-7,9-10,15H,2-3,8H2,1H3,(H,21,22). The SMILES string of the molecule is COc1cc(C(=O)N2CCCC2c2nc3ccc(F)cc3[nH]2)ccn1. The quantitative estimate of drug-likeness (QED) is 0.795. The molecule has 3 aromatic rings. The van der Waals surface area contributed by atoms with Crippen LogP contribution >= 0.6 is 0 Å². The van der Waals surface area contributed by atoms with E-state index in [2.05, 4.69) is 15.0 Å². The number of fused-ring (bicyclic) bond motifs is 1. The topological polar surface area (TPSA) is 71.1 Å². The number of likely N-dealkylation sites (tertiary alicyclic amines) is 1. The number of nitrogens with one attached hydrogen (secondary N) is 1. The summed E-state index contributed by atoms with van der Waals surface area (Å²) in [5, 5.41) is 0. The van der Waals surface area contributed by atoms with Gasteiger partial charge in [0.1, 0.15) is 11.6 Å². The van der Waals surface area contributed by atoms with Crippen molar-refractivity contribution in [2.24, 2.45) is 0 Å². The predicted octanol–water partition coefficient (Wildman–Crippen LogP) is 3.08. The molecule has 1 fully saturated rings. The van der Waals surface area contributed by atoms with Crippen LogP contribution in [0, 0.1) is 5.82 Å². The zero-order valence-corrected chi connectivity index (χ0v) is 13.7. The molecule has 6 nitrogen and oxygen atoms in total. The number of carbonyl (C=O) groups excluding carboxylic acids is 1. The lowest BCUT2D eigenvalue weighted by Gasteiger charge is -2.23. The Hall–Kier alpha value is -2.96. The summed E-state index contributed by atoms with van der Waals surface area (Å²) >= 11 is 0. The molecule has 1 aliphatic rings. The smallest absolute Gasteiger partial charge is 0.254 e. The van der Waals surface area contributed by atoms with Gasteiger partial charge in [-0.05, 0) is 37.1 Å². The van der Waals surface area contributed by atoms with Crippen LogP contribution in [0.1, 0.15) is 35.1 Å². The lowest BCUT2D eigenvalue weighted by atomic mass is 10.2. The zero-order valence-electron chi connectivity index (χ0n) is 13.7. The number of aromatic amines is 1. The summed E-state index contributed by atoms with van der Waals surface area (Å²) in [5.74, 6) is 0.689. The number of hydrogen-bond donors (Lipinski definition) is 1. The number of hydrogen-bond acceptors (Lipinski definition) is 4. The highest BCUT2D eigenvalue weighted by molar-refractivity contribution is 5.95. The maximum absolute atomic E-state index is 13.4. The molecule has 1 atom stereocenters. The van der Waals surface area contributed by atoms with Gasteiger partial charge in [-0.2, -0.15) is 0 Å². The molecule has 1 unspecified atom stereocenters. The van der Waals surface area contributed by atoms with Crippen molar-refractivity contribution >= 4 is 16.9 Å². The highest BCUT2D eigenvalue weighted by atomic mass is 19.1. The summed E-state index contributed by atoms with van der Waals surface area (Å²) < 4.78 is 18.5. The Morgan fingerprint density at radius 3 is 3.08 bits per heavy atom. The molecule has 1 N–H and O–H groups in total. The van der Waals surface area contributed by atoms with Crippen molar-refractivity contribution < 1.29 is 13.9 Å². The van der Waals surface area contributed by atoms with Gasteiger partial charge in [-0.1, -0.05) is 0 Å². The van der Waals surface area contributed by atoms with E-state index in [4.69, 9.17) is 4.74 Å². The van der Waals surface area contributed by atoms with Crippen molar-refractivity contribution in [3.8, 4) is 5.88 Å². The maximum atomic E-state index is 13.4. The van der Waals surface area contributed by atoms with Crippen molar-refractivity contribution in [3.05, 3.63) is 53.7 Å². The fourth-order valence-corrected chi connectivity index (χ4v) is 3.27. The van der Waals surface area contributed by atoms with Gasteiger partial charge in [0.2, 0.25) is 5.88 Å². The fraction of sp³-hybridized carbons (Fsp3) is 0.278. The highest BCUT2D eigenvalue weighted by Crippen LogP contribution is 2.33. The van der Waals surface area contributed by atoms with Gasteiger partial charge in [-0.25, -0.2) is 14.4 Å². The van der Waals surface area contributed by atoms with Crippen molar-refractivity contribution in [1.82, 2.24) is 19.9 Å². The number of nitrogens with zero attached hydrogens (tertiary/aromatic N) is 3. The van der Waals surface area contributed by atoms with Crippen molar-refractivity contribution in [1.29, 1.82) is 0 Å². The third-order valence-corrected chi connectivity index (χ3v) is 4.48. The second-order valence-electron chi connectivity index (χ2n) is 6.03. The largest absolute Gasteiger partial charge is 0.481 e. The first kappa shape index (κ1) is 15.6. The normalized spacial score (nSPS) is 17.2. The summed E-state index contributed by atoms with van der Waals surface area (Å²) in [6.07, 6.45) is 3.27. The van der Waals surface area contributed by atoms with E-state index in [1.165, 1.54) is 19.2 Å². The minimum Gasteiger partial charge on any atom is -0.481 e. The number of aromatic nitrogens is 3. The van der Waals surface area contributed by atoms with Crippen LogP contribution < -0.4 is 4.74 Å². The molecule has 25 heavy (non-hydrogen) atoms. The summed E-state index contributed by atoms with van der Waals surface area (Å²) in [4.78, 5) is 26.4. The molecular formula is C18H17FN4O2. The first-order chi connectivity index (χ1) is 12.2. The maximum Gasteiger partial charge on any atom is 0.254 e. The number of ether oxygens (including phenoxy) is 1. The average Bonchev–Trinajstić information content (AvgIpc) is 3.27. The molecule has 0 bridgehead atoms. The Balaban J connectivity index is 1.65. The van der Waals surface area contributed by atoms with Crippen LogP contribution in [0.15, 0.2) is 36.5 Å². The first-order valence-corrected chi connectivity index (χ1v) is 8.12. The van der Waals surface area contributed by atoms with E-state index < -0.39 is 0 Å². The van der Waals surface area contributed by atoms with E-state index in [9.17, 15) is 9.18 Å². The number of carbonyl (C=O) groups is 1. The Labute approximate surface area is 143 Å². The Morgan fingerprint density at radius 1 is 1.36 bits per heavy atom. The molecule has 4 rings (SSSR count). The molecular weight excluding hydrogens is 323 g/mol. The number of H-pyrrole nitrogens is 1. The molecule has 0 saturated carbocycles. The number of halogens is 1. The van der Waals surface area contributed by atoms with Crippen molar-refractivity contribution in [2.75, 3.05) is 13.7 Å². The number of imidazole rings is 1. The number of methoxy groups -OCH3 is 1. The van der Waals surface area contributed by atoms with Crippen LogP contribution in [0.2, 0.25) is 0 Å². The third kappa shape index (κ3) is 2.82. The Kier molecular flexibility index (Phi) is 3.83. The molecule has 0 radical (unpaired) electrons. The predicted molar refractivity (Wildman–Crippen MR) is 89.9 cm³/mol. The van der Waals surface area contributed by atoms with Crippen LogP contribution in [0.5, 0.6) is 5.88 Å². The zero-order chi connectivity index (χ0) is 17.4. The van der Waals surface area contributed by atoms with Gasteiger partial charge in [0.15, 0.2) is 0 Å². The van der Waals surface area contributed by atoms with Gasteiger partial charge < -0.3 is 14.6 Å². The van der Waals surface area contributed by atoms with Gasteiger partial charge in [0.05, 0.1) is 24.2 Å². The molecule has 1 aromatic carbocycles. The van der Waals surface area contributed by atoms with Crippen LogP contribution in [0.4, 0.5) is 4.39 Å². The first-order valence-electron chi connectivity index (χ1n) is 8.12. The number of pyridine rings is 1. The third-order valence-electron chi connectivity index (χ3n) is 4.48. The molecule has 1 amide bonds. The minimum absolute atomic E-state index is 0.0881. The van der Waals surface area contributed by atoms with Crippen LogP contribution in [-0.2, 0) is 0 Å². The van der Waals surface area contributed by atoms with Gasteiger partial charge in [-0.3, -0.25) is 4.79 Å². The molecule has 1 aliphatic heterocycles. The lowest BCUT2D eigenvalue weighted by molar-refractivity contribution is 0.0730. The number of benzene rings is 1. The second-order valence-corrected chi connectivity index (χ2v) is 6.03. The van der Waals surface area contributed by atoms with E-state index in [1.807, 2.05) is 0 Å². The number of amides is 1. The molecule has 128 valence electrons. The van der Waals surface area contributed by atoms with Crippen LogP contribution in [-0.4, -0.2) is 39.4 Å². The minimum atomic E-state index is -0.314. The van der Waals surface area contributed by atoms with Crippen LogP contribution in [0.25, 0.3) is 11.0 Å². The summed E-state index contributed by atoms with van der Waals surface area (Å²) in [6.45, 7) is 0.652.